The van der Waals surface area contributed by atoms with Crippen molar-refractivity contribution >= 4 is 12.0 Å². The summed E-state index contributed by atoms with van der Waals surface area (Å²) in [5.41, 5.74) is 1.61. The van der Waals surface area contributed by atoms with Gasteiger partial charge in [-0.3, -0.25) is 4.79 Å². The van der Waals surface area contributed by atoms with Crippen LogP contribution in [0.1, 0.15) is 5.56 Å². The molecule has 0 bridgehead atoms. The number of carbonyl (C=O) groups excluding carboxylic acids is 1. The van der Waals surface area contributed by atoms with Gasteiger partial charge in [-0.05, 0) is 12.1 Å². The Labute approximate surface area is 76.7 Å². The van der Waals surface area contributed by atoms with Crippen LogP contribution in [0.15, 0.2) is 36.5 Å². The van der Waals surface area contributed by atoms with Crippen LogP contribution in [0.25, 0.3) is 0 Å². The second-order valence-corrected chi connectivity index (χ2v) is 2.45. The average Bonchev–Trinajstić information content (AvgIpc) is 2.19. The van der Waals surface area contributed by atoms with Gasteiger partial charge >= 0.3 is 0 Å². The summed E-state index contributed by atoms with van der Waals surface area (Å²) in [6.07, 6.45) is 3.57. The smallest absolute Gasteiger partial charge is 0.144 e. The maximum absolute atomic E-state index is 9.97. The fourth-order valence-corrected chi connectivity index (χ4v) is 0.976. The number of allylic oxidation sites excluding steroid dienone is 1. The van der Waals surface area contributed by atoms with Gasteiger partial charge in [0.15, 0.2) is 0 Å². The quantitative estimate of drug-likeness (QED) is 0.538. The highest BCUT2D eigenvalue weighted by atomic mass is 16.3. The first kappa shape index (κ1) is 9.48. The third-order valence-electron chi connectivity index (χ3n) is 1.60. The van der Waals surface area contributed by atoms with Crippen LogP contribution in [0.3, 0.4) is 0 Å². The summed E-state index contributed by atoms with van der Waals surface area (Å²) >= 11 is 0. The summed E-state index contributed by atoms with van der Waals surface area (Å²) in [5, 5.41) is 11.8. The van der Waals surface area contributed by atoms with Gasteiger partial charge in [0.05, 0.1) is 6.61 Å². The van der Waals surface area contributed by atoms with Crippen molar-refractivity contribution in [1.82, 2.24) is 0 Å². The summed E-state index contributed by atoms with van der Waals surface area (Å²) in [4.78, 5) is 9.97. The van der Waals surface area contributed by atoms with Crippen LogP contribution in [0.2, 0.25) is 0 Å². The molecule has 2 N–H and O–H groups in total. The van der Waals surface area contributed by atoms with Crippen LogP contribution in [0.4, 0.5) is 5.69 Å². The predicted octanol–water partition coefficient (Wildman–Crippen LogP) is 1.30. The number of para-hydroxylation sites is 1. The standard InChI is InChI=1S/C10H11NO2/c12-7-3-6-11-10-5-2-1-4-9(10)8-13/h1-7,11,13H,8H2/b6-3+. The van der Waals surface area contributed by atoms with Gasteiger partial charge in [0, 0.05) is 17.5 Å². The van der Waals surface area contributed by atoms with E-state index in [1.807, 2.05) is 24.3 Å². The summed E-state index contributed by atoms with van der Waals surface area (Å²) in [5.74, 6) is 0. The molecule has 0 aliphatic heterocycles. The van der Waals surface area contributed by atoms with E-state index in [9.17, 15) is 4.79 Å². The first-order valence-corrected chi connectivity index (χ1v) is 3.94. The van der Waals surface area contributed by atoms with Crippen molar-refractivity contribution in [3.8, 4) is 0 Å². The first-order chi connectivity index (χ1) is 6.38. The molecule has 3 nitrogen and oxygen atoms in total. The number of hydrogen-bond acceptors (Lipinski definition) is 3. The van der Waals surface area contributed by atoms with Crippen LogP contribution in [-0.2, 0) is 11.4 Å². The first-order valence-electron chi connectivity index (χ1n) is 3.94. The zero-order chi connectivity index (χ0) is 9.52. The molecule has 0 spiro atoms. The Kier molecular flexibility index (Phi) is 3.73. The molecule has 1 rings (SSSR count). The van der Waals surface area contributed by atoms with Crippen molar-refractivity contribution in [2.45, 2.75) is 6.61 Å². The highest BCUT2D eigenvalue weighted by Gasteiger charge is 1.95. The minimum absolute atomic E-state index is 0.0158. The number of aliphatic hydroxyl groups excluding tert-OH is 1. The summed E-state index contributed by atoms with van der Waals surface area (Å²) in [6, 6.07) is 7.36. The van der Waals surface area contributed by atoms with Crippen molar-refractivity contribution in [3.05, 3.63) is 42.1 Å². The minimum atomic E-state index is -0.0158. The molecule has 0 amide bonds. The summed E-state index contributed by atoms with van der Waals surface area (Å²) < 4.78 is 0. The lowest BCUT2D eigenvalue weighted by molar-refractivity contribution is -0.104. The van der Waals surface area contributed by atoms with Gasteiger partial charge < -0.3 is 10.4 Å². The van der Waals surface area contributed by atoms with Gasteiger partial charge in [-0.1, -0.05) is 18.2 Å². The van der Waals surface area contributed by atoms with Gasteiger partial charge in [0.2, 0.25) is 0 Å². The molecule has 0 saturated carbocycles. The Bertz CT molecular complexity index is 308. The SMILES string of the molecule is O=C/C=C/Nc1ccccc1CO. The normalized spacial score (nSPS) is 10.2. The highest BCUT2D eigenvalue weighted by Crippen LogP contribution is 2.14. The van der Waals surface area contributed by atoms with E-state index < -0.39 is 0 Å². The lowest BCUT2D eigenvalue weighted by Gasteiger charge is -2.05. The van der Waals surface area contributed by atoms with Gasteiger partial charge in [0.25, 0.3) is 0 Å². The molecule has 68 valence electrons. The number of benzene rings is 1. The summed E-state index contributed by atoms with van der Waals surface area (Å²) in [7, 11) is 0. The van der Waals surface area contributed by atoms with Crippen LogP contribution in [0, 0.1) is 0 Å². The predicted molar refractivity (Wildman–Crippen MR) is 51.2 cm³/mol. The van der Waals surface area contributed by atoms with Crippen LogP contribution in [-0.4, -0.2) is 11.4 Å². The molecule has 3 heteroatoms. The molecule has 1 aromatic rings. The lowest BCUT2D eigenvalue weighted by atomic mass is 10.2. The number of carbonyl (C=O) groups is 1. The van der Waals surface area contributed by atoms with Crippen LogP contribution < -0.4 is 5.32 Å². The molecular weight excluding hydrogens is 166 g/mol. The zero-order valence-electron chi connectivity index (χ0n) is 7.10. The molecule has 1 aromatic carbocycles. The second-order valence-electron chi connectivity index (χ2n) is 2.45. The van der Waals surface area contributed by atoms with E-state index in [1.54, 1.807) is 0 Å². The zero-order valence-corrected chi connectivity index (χ0v) is 7.10. The number of aldehydes is 1. The van der Waals surface area contributed by atoms with Gasteiger partial charge in [-0.25, -0.2) is 0 Å². The van der Waals surface area contributed by atoms with E-state index >= 15 is 0 Å². The second kappa shape index (κ2) is 5.11. The van der Waals surface area contributed by atoms with E-state index in [-0.39, 0.29) is 6.61 Å². The Morgan fingerprint density at radius 3 is 2.85 bits per heavy atom. The van der Waals surface area contributed by atoms with Crippen molar-refractivity contribution in [2.24, 2.45) is 0 Å². The third-order valence-corrected chi connectivity index (χ3v) is 1.60. The van der Waals surface area contributed by atoms with Crippen molar-refractivity contribution in [3.63, 3.8) is 0 Å². The number of rotatable bonds is 4. The van der Waals surface area contributed by atoms with E-state index in [2.05, 4.69) is 5.32 Å². The summed E-state index contributed by atoms with van der Waals surface area (Å²) in [6.45, 7) is -0.0158. The van der Waals surface area contributed by atoms with Crippen molar-refractivity contribution < 1.29 is 9.90 Å². The molecular formula is C10H11NO2. The molecule has 0 aliphatic carbocycles. The van der Waals surface area contributed by atoms with E-state index in [0.717, 1.165) is 11.3 Å². The maximum Gasteiger partial charge on any atom is 0.144 e. The lowest BCUT2D eigenvalue weighted by Crippen LogP contribution is -1.93. The topological polar surface area (TPSA) is 49.3 Å². The van der Waals surface area contributed by atoms with Crippen LogP contribution >= 0.6 is 0 Å². The third kappa shape index (κ3) is 2.72. The van der Waals surface area contributed by atoms with Crippen LogP contribution in [0.5, 0.6) is 0 Å². The highest BCUT2D eigenvalue weighted by molar-refractivity contribution is 5.66. The van der Waals surface area contributed by atoms with Crippen molar-refractivity contribution in [2.75, 3.05) is 5.32 Å². The Balaban J connectivity index is 2.74. The molecule has 13 heavy (non-hydrogen) atoms. The van der Waals surface area contributed by atoms with Gasteiger partial charge in [-0.15, -0.1) is 0 Å². The van der Waals surface area contributed by atoms with Gasteiger partial charge in [0.1, 0.15) is 6.29 Å². The maximum atomic E-state index is 9.97. The molecule has 0 atom stereocenters. The largest absolute Gasteiger partial charge is 0.392 e. The average molecular weight is 177 g/mol. The van der Waals surface area contributed by atoms with E-state index in [0.29, 0.717) is 6.29 Å². The number of anilines is 1. The van der Waals surface area contributed by atoms with Gasteiger partial charge in [-0.2, -0.15) is 0 Å². The van der Waals surface area contributed by atoms with E-state index in [1.165, 1.54) is 12.3 Å². The molecule has 0 aromatic heterocycles. The molecule has 0 fully saturated rings. The fraction of sp³-hybridized carbons (Fsp3) is 0.100. The Morgan fingerprint density at radius 2 is 2.15 bits per heavy atom. The molecule has 0 heterocycles. The fourth-order valence-electron chi connectivity index (χ4n) is 0.976. The van der Waals surface area contributed by atoms with E-state index in [4.69, 9.17) is 5.11 Å². The monoisotopic (exact) mass is 177 g/mol. The molecule has 0 unspecified atom stereocenters. The van der Waals surface area contributed by atoms with Crippen molar-refractivity contribution in [1.29, 1.82) is 0 Å². The number of hydrogen-bond donors (Lipinski definition) is 2. The Morgan fingerprint density at radius 1 is 1.38 bits per heavy atom. The molecule has 0 saturated heterocycles. The molecule has 0 radical (unpaired) electrons. The number of aliphatic hydroxyl groups is 1. The minimum Gasteiger partial charge on any atom is -0.392 e. The number of nitrogens with one attached hydrogen (secondary N) is 1. The Hall–Kier alpha value is -1.61. The molecule has 0 aliphatic rings.